The van der Waals surface area contributed by atoms with E-state index in [0.717, 1.165) is 11.4 Å². The molecule has 3 rings (SSSR count). The van der Waals surface area contributed by atoms with Crippen LogP contribution in [-0.2, 0) is 16.1 Å². The number of pyridine rings is 1. The number of imide groups is 1. The Morgan fingerprint density at radius 1 is 1.33 bits per heavy atom. The summed E-state index contributed by atoms with van der Waals surface area (Å²) in [7, 11) is 0. The fourth-order valence-corrected chi connectivity index (χ4v) is 2.38. The highest BCUT2D eigenvalue weighted by Crippen LogP contribution is 2.09. The van der Waals surface area contributed by atoms with Crippen LogP contribution in [-0.4, -0.2) is 38.4 Å². The molecule has 24 heavy (non-hydrogen) atoms. The number of rotatable bonds is 5. The van der Waals surface area contributed by atoms with E-state index < -0.39 is 18.0 Å². The van der Waals surface area contributed by atoms with Gasteiger partial charge in [0.05, 0.1) is 6.42 Å². The minimum Gasteiger partial charge on any atom is -0.352 e. The van der Waals surface area contributed by atoms with Crippen LogP contribution in [0.4, 0.5) is 4.79 Å². The highest BCUT2D eigenvalue weighted by Gasteiger charge is 2.31. The van der Waals surface area contributed by atoms with Crippen LogP contribution in [0.15, 0.2) is 30.7 Å². The fourth-order valence-electron chi connectivity index (χ4n) is 2.38. The third-order valence-electron chi connectivity index (χ3n) is 3.62. The average molecular weight is 328 g/mol. The maximum atomic E-state index is 11.9. The lowest BCUT2D eigenvalue weighted by Crippen LogP contribution is -2.36. The summed E-state index contributed by atoms with van der Waals surface area (Å²) in [5.74, 6) is 0.706. The number of amides is 4. The zero-order valence-electron chi connectivity index (χ0n) is 12.9. The van der Waals surface area contributed by atoms with Crippen LogP contribution in [0.3, 0.4) is 0 Å². The fraction of sp³-hybridized carbons (Fsp3) is 0.267. The Balaban J connectivity index is 1.59. The summed E-state index contributed by atoms with van der Waals surface area (Å²) in [6.45, 7) is 2.17. The molecule has 0 saturated carbocycles. The van der Waals surface area contributed by atoms with Gasteiger partial charge < -0.3 is 10.6 Å². The van der Waals surface area contributed by atoms with E-state index in [1.807, 2.05) is 17.6 Å². The molecule has 0 bridgehead atoms. The van der Waals surface area contributed by atoms with Crippen LogP contribution in [0, 0.1) is 6.92 Å². The third-order valence-corrected chi connectivity index (χ3v) is 3.62. The Morgan fingerprint density at radius 2 is 2.17 bits per heavy atom. The molecule has 0 spiro atoms. The molecule has 9 nitrogen and oxygen atoms in total. The van der Waals surface area contributed by atoms with E-state index in [4.69, 9.17) is 0 Å². The van der Waals surface area contributed by atoms with Crippen molar-refractivity contribution in [2.24, 2.45) is 0 Å². The molecule has 124 valence electrons. The zero-order chi connectivity index (χ0) is 17.1. The summed E-state index contributed by atoms with van der Waals surface area (Å²) in [5.41, 5.74) is 0.862. The molecule has 1 aliphatic rings. The predicted octanol–water partition coefficient (Wildman–Crippen LogP) is -0.210. The van der Waals surface area contributed by atoms with Gasteiger partial charge >= 0.3 is 6.03 Å². The summed E-state index contributed by atoms with van der Waals surface area (Å²) in [6, 6.07) is 2.24. The first-order chi connectivity index (χ1) is 11.5. The van der Waals surface area contributed by atoms with E-state index in [0.29, 0.717) is 12.4 Å². The van der Waals surface area contributed by atoms with Crippen molar-refractivity contribution < 1.29 is 14.4 Å². The van der Waals surface area contributed by atoms with Crippen molar-refractivity contribution in [1.82, 2.24) is 30.5 Å². The van der Waals surface area contributed by atoms with E-state index in [-0.39, 0.29) is 12.3 Å². The second-order valence-electron chi connectivity index (χ2n) is 5.36. The maximum absolute atomic E-state index is 11.9. The molecular weight excluding hydrogens is 312 g/mol. The number of urea groups is 1. The van der Waals surface area contributed by atoms with Gasteiger partial charge in [-0.15, -0.1) is 0 Å². The van der Waals surface area contributed by atoms with Crippen LogP contribution >= 0.6 is 0 Å². The van der Waals surface area contributed by atoms with Gasteiger partial charge in [0.2, 0.25) is 5.91 Å². The minimum atomic E-state index is -0.820. The first-order valence-corrected chi connectivity index (χ1v) is 7.36. The number of aromatic nitrogens is 3. The Hall–Kier alpha value is -3.23. The number of hydrogen-bond donors (Lipinski definition) is 3. The smallest absolute Gasteiger partial charge is 0.322 e. The normalized spacial score (nSPS) is 16.6. The summed E-state index contributed by atoms with van der Waals surface area (Å²) in [6.07, 6.45) is 5.05. The van der Waals surface area contributed by atoms with Crippen LogP contribution in [0.2, 0.25) is 0 Å². The molecule has 2 aromatic rings. The Labute approximate surface area is 137 Å². The lowest BCUT2D eigenvalue weighted by atomic mass is 10.2. The van der Waals surface area contributed by atoms with Gasteiger partial charge in [-0.1, -0.05) is 0 Å². The molecule has 1 atom stereocenters. The first-order valence-electron chi connectivity index (χ1n) is 7.36. The van der Waals surface area contributed by atoms with Crippen molar-refractivity contribution >= 4 is 17.8 Å². The molecule has 4 amide bonds. The van der Waals surface area contributed by atoms with E-state index in [1.54, 1.807) is 24.7 Å². The molecular formula is C15H16N6O3. The molecule has 2 aromatic heterocycles. The number of imidazole rings is 1. The monoisotopic (exact) mass is 328 g/mol. The van der Waals surface area contributed by atoms with Crippen molar-refractivity contribution in [2.45, 2.75) is 25.9 Å². The molecule has 3 N–H and O–H groups in total. The van der Waals surface area contributed by atoms with Gasteiger partial charge in [0.1, 0.15) is 17.7 Å². The lowest BCUT2D eigenvalue weighted by molar-refractivity contribution is -0.126. The quantitative estimate of drug-likeness (QED) is 0.656. The number of aryl methyl sites for hydroxylation is 1. The van der Waals surface area contributed by atoms with Gasteiger partial charge in [-0.25, -0.2) is 14.8 Å². The van der Waals surface area contributed by atoms with Gasteiger partial charge in [0.15, 0.2) is 0 Å². The number of carbonyl (C=O) groups is 3. The zero-order valence-corrected chi connectivity index (χ0v) is 12.9. The van der Waals surface area contributed by atoms with E-state index >= 15 is 0 Å². The van der Waals surface area contributed by atoms with E-state index in [9.17, 15) is 14.4 Å². The molecule has 0 aliphatic carbocycles. The van der Waals surface area contributed by atoms with E-state index in [2.05, 4.69) is 25.9 Å². The summed E-state index contributed by atoms with van der Waals surface area (Å²) < 4.78 is 1.84. The number of hydrogen-bond acceptors (Lipinski definition) is 5. The standard InChI is InChI=1S/C15H16N6O3/c1-9-16-4-5-21(9)12-6-10(2-3-17-12)8-18-13(22)7-11-14(23)20-15(24)19-11/h2-6,11H,7-8H2,1H3,(H,18,22)(H2,19,20,23,24)/t11-/m1/s1. The van der Waals surface area contributed by atoms with Crippen molar-refractivity contribution in [1.29, 1.82) is 0 Å². The third kappa shape index (κ3) is 3.40. The van der Waals surface area contributed by atoms with Crippen LogP contribution < -0.4 is 16.0 Å². The summed E-state index contributed by atoms with van der Waals surface area (Å²) >= 11 is 0. The first kappa shape index (κ1) is 15.7. The van der Waals surface area contributed by atoms with Gasteiger partial charge in [0, 0.05) is 25.1 Å². The highest BCUT2D eigenvalue weighted by atomic mass is 16.2. The SMILES string of the molecule is Cc1nccn1-c1cc(CNC(=O)C[C@H]2NC(=O)NC2=O)ccn1. The molecule has 0 radical (unpaired) electrons. The minimum absolute atomic E-state index is 0.101. The molecule has 1 aliphatic heterocycles. The van der Waals surface area contributed by atoms with Crippen molar-refractivity contribution in [3.8, 4) is 5.82 Å². The average Bonchev–Trinajstić information content (AvgIpc) is 3.11. The van der Waals surface area contributed by atoms with Gasteiger partial charge in [0.25, 0.3) is 5.91 Å². The van der Waals surface area contributed by atoms with Crippen LogP contribution in [0.25, 0.3) is 5.82 Å². The van der Waals surface area contributed by atoms with Gasteiger partial charge in [-0.3, -0.25) is 19.5 Å². The van der Waals surface area contributed by atoms with E-state index in [1.165, 1.54) is 0 Å². The maximum Gasteiger partial charge on any atom is 0.322 e. The summed E-state index contributed by atoms with van der Waals surface area (Å²) in [4.78, 5) is 42.8. The lowest BCUT2D eigenvalue weighted by Gasteiger charge is -2.10. The second kappa shape index (κ2) is 6.49. The van der Waals surface area contributed by atoms with Crippen LogP contribution in [0.1, 0.15) is 17.8 Å². The Morgan fingerprint density at radius 3 is 2.83 bits per heavy atom. The van der Waals surface area contributed by atoms with Crippen molar-refractivity contribution in [3.05, 3.63) is 42.1 Å². The number of carbonyl (C=O) groups excluding carboxylic acids is 3. The predicted molar refractivity (Wildman–Crippen MR) is 83.0 cm³/mol. The van der Waals surface area contributed by atoms with Gasteiger partial charge in [-0.05, 0) is 24.6 Å². The number of nitrogens with zero attached hydrogens (tertiary/aromatic N) is 3. The Kier molecular flexibility index (Phi) is 4.23. The topological polar surface area (TPSA) is 118 Å². The highest BCUT2D eigenvalue weighted by molar-refractivity contribution is 6.05. The van der Waals surface area contributed by atoms with Crippen molar-refractivity contribution in [2.75, 3.05) is 0 Å². The summed E-state index contributed by atoms with van der Waals surface area (Å²) in [5, 5.41) is 7.20. The molecule has 1 fully saturated rings. The Bertz CT molecular complexity index is 800. The molecule has 0 unspecified atom stereocenters. The molecule has 0 aromatic carbocycles. The molecule has 9 heteroatoms. The van der Waals surface area contributed by atoms with Crippen LogP contribution in [0.5, 0.6) is 0 Å². The van der Waals surface area contributed by atoms with Gasteiger partial charge in [-0.2, -0.15) is 0 Å². The number of nitrogens with one attached hydrogen (secondary N) is 3. The van der Waals surface area contributed by atoms with Crippen molar-refractivity contribution in [3.63, 3.8) is 0 Å². The molecule has 1 saturated heterocycles. The molecule has 3 heterocycles. The largest absolute Gasteiger partial charge is 0.352 e. The second-order valence-corrected chi connectivity index (χ2v) is 5.36.